The number of benzene rings is 5. The van der Waals surface area contributed by atoms with Crippen molar-refractivity contribution in [2.75, 3.05) is 0 Å². The monoisotopic (exact) mass is 751 g/mol. The van der Waals surface area contributed by atoms with E-state index in [1.807, 2.05) is 0 Å². The van der Waals surface area contributed by atoms with E-state index in [0.29, 0.717) is 5.41 Å². The number of allylic oxidation sites excluding steroid dienone is 1. The fourth-order valence-corrected chi connectivity index (χ4v) is 7.85. The van der Waals surface area contributed by atoms with E-state index in [-0.39, 0.29) is 35.2 Å². The first kappa shape index (κ1) is 45.8. The Morgan fingerprint density at radius 2 is 0.839 bits per heavy atom. The van der Waals surface area contributed by atoms with Crippen molar-refractivity contribution in [3.8, 4) is 11.1 Å². The van der Waals surface area contributed by atoms with Gasteiger partial charge in [-0.25, -0.2) is 0 Å². The summed E-state index contributed by atoms with van der Waals surface area (Å²) in [4.78, 5) is 18.9. The summed E-state index contributed by atoms with van der Waals surface area (Å²) in [7, 11) is 0. The van der Waals surface area contributed by atoms with Crippen molar-refractivity contribution < 1.29 is 9.59 Å². The summed E-state index contributed by atoms with van der Waals surface area (Å²) < 4.78 is 0. The lowest BCUT2D eigenvalue weighted by molar-refractivity contribution is -0.115. The summed E-state index contributed by atoms with van der Waals surface area (Å²) in [5.74, 6) is 0.333. The maximum absolute atomic E-state index is 9.44. The highest BCUT2D eigenvalue weighted by Gasteiger charge is 2.38. The Kier molecular flexibility index (Phi) is 15.2. The highest BCUT2D eigenvalue weighted by Crippen LogP contribution is 2.48. The van der Waals surface area contributed by atoms with Gasteiger partial charge in [-0.05, 0) is 149 Å². The van der Waals surface area contributed by atoms with Gasteiger partial charge in [0.05, 0.1) is 0 Å². The van der Waals surface area contributed by atoms with Gasteiger partial charge in [-0.2, -0.15) is 0 Å². The molecule has 0 bridgehead atoms. The standard InChI is InChI=1S/C24H26.C23H28.2C3H6O.CH4/c1-23(2)13-14-24(3,4)22-16-20(11-12-21(22)23)19-10-9-17-7-5-6-8-18(17)15-19;1-17(15-18-9-7-6-8-10-18)19-11-12-20-21(16-19)23(4,5)14-13-22(20,2)3;2*1-3(2)4;/h5-12,15-16H,13-14H2,1-4H3;6-12,15-16H,13-14H2,1-5H3;2*1-2H3;1H4/b;17-15+;;;. The van der Waals surface area contributed by atoms with Crippen LogP contribution in [0.2, 0.25) is 0 Å². The summed E-state index contributed by atoms with van der Waals surface area (Å²) in [6, 6.07) is 40.2. The van der Waals surface area contributed by atoms with Gasteiger partial charge in [0.1, 0.15) is 11.6 Å². The minimum Gasteiger partial charge on any atom is -0.300 e. The highest BCUT2D eigenvalue weighted by atomic mass is 16.1. The van der Waals surface area contributed by atoms with Gasteiger partial charge in [0.2, 0.25) is 0 Å². The van der Waals surface area contributed by atoms with E-state index in [9.17, 15) is 9.59 Å². The number of Topliss-reactive ketones (excluding diaryl/α,β-unsaturated/α-hetero) is 2. The van der Waals surface area contributed by atoms with E-state index >= 15 is 0 Å². The van der Waals surface area contributed by atoms with Gasteiger partial charge in [-0.1, -0.05) is 172 Å². The van der Waals surface area contributed by atoms with Crippen LogP contribution in [0.1, 0.15) is 156 Å². The molecule has 0 unspecified atom stereocenters. The van der Waals surface area contributed by atoms with Crippen LogP contribution in [0, 0.1) is 0 Å². The molecule has 56 heavy (non-hydrogen) atoms. The fourth-order valence-electron chi connectivity index (χ4n) is 7.85. The summed E-state index contributed by atoms with van der Waals surface area (Å²) in [6.45, 7) is 27.4. The molecule has 0 N–H and O–H groups in total. The summed E-state index contributed by atoms with van der Waals surface area (Å²) in [5.41, 5.74) is 13.8. The zero-order valence-electron chi connectivity index (χ0n) is 36.1. The van der Waals surface area contributed by atoms with Crippen molar-refractivity contribution in [1.29, 1.82) is 0 Å². The van der Waals surface area contributed by atoms with E-state index in [1.165, 1.54) is 114 Å². The van der Waals surface area contributed by atoms with E-state index in [0.717, 1.165) is 0 Å². The van der Waals surface area contributed by atoms with Crippen molar-refractivity contribution in [3.05, 3.63) is 143 Å². The Labute approximate surface area is 340 Å². The maximum Gasteiger partial charge on any atom is 0.126 e. The second-order valence-electron chi connectivity index (χ2n) is 18.7. The number of carbonyl (C=O) groups is 2. The van der Waals surface area contributed by atoms with Crippen LogP contribution in [0.4, 0.5) is 0 Å². The van der Waals surface area contributed by atoms with Gasteiger partial charge in [0.25, 0.3) is 0 Å². The van der Waals surface area contributed by atoms with E-state index in [4.69, 9.17) is 0 Å². The Balaban J connectivity index is 0.000000249. The van der Waals surface area contributed by atoms with E-state index in [2.05, 4.69) is 178 Å². The number of ketones is 2. The molecule has 0 aliphatic heterocycles. The topological polar surface area (TPSA) is 34.1 Å². The second kappa shape index (κ2) is 18.6. The fraction of sp³-hybridized carbons (Fsp3) is 0.407. The molecule has 0 amide bonds. The van der Waals surface area contributed by atoms with Crippen molar-refractivity contribution in [3.63, 3.8) is 0 Å². The lowest BCUT2D eigenvalue weighted by Gasteiger charge is -2.42. The van der Waals surface area contributed by atoms with Crippen LogP contribution in [0.15, 0.2) is 109 Å². The Morgan fingerprint density at radius 1 is 0.446 bits per heavy atom. The average molecular weight is 751 g/mol. The third-order valence-electron chi connectivity index (χ3n) is 11.4. The molecule has 298 valence electrons. The SMILES string of the molecule is C.C/C(=C\c1ccccc1)c1ccc2c(c1)C(C)(C)CCC2(C)C.CC(C)=O.CC(C)=O.CC1(C)CCC(C)(C)c2cc(-c3ccc4ccccc4c3)ccc21. The largest absolute Gasteiger partial charge is 0.300 e. The van der Waals surface area contributed by atoms with Gasteiger partial charge < -0.3 is 9.59 Å². The Morgan fingerprint density at radius 3 is 1.36 bits per heavy atom. The molecule has 5 aromatic rings. The molecule has 2 aliphatic rings. The van der Waals surface area contributed by atoms with Crippen LogP contribution < -0.4 is 0 Å². The quantitative estimate of drug-likeness (QED) is 0.172. The molecule has 2 nitrogen and oxygen atoms in total. The van der Waals surface area contributed by atoms with E-state index < -0.39 is 0 Å². The van der Waals surface area contributed by atoms with Gasteiger partial charge in [0.15, 0.2) is 0 Å². The molecular weight excluding hydrogens is 681 g/mol. The van der Waals surface area contributed by atoms with Crippen molar-refractivity contribution in [2.24, 2.45) is 0 Å². The predicted octanol–water partition coefficient (Wildman–Crippen LogP) is 15.3. The molecule has 0 radical (unpaired) electrons. The minimum absolute atomic E-state index is 0. The minimum atomic E-state index is 0. The molecule has 0 saturated heterocycles. The maximum atomic E-state index is 9.44. The summed E-state index contributed by atoms with van der Waals surface area (Å²) >= 11 is 0. The molecule has 2 aliphatic carbocycles. The first-order valence-electron chi connectivity index (χ1n) is 20.1. The first-order valence-corrected chi connectivity index (χ1v) is 20.1. The Hall–Kier alpha value is -4.56. The van der Waals surface area contributed by atoms with Crippen molar-refractivity contribution in [1.82, 2.24) is 0 Å². The molecule has 0 heterocycles. The second-order valence-corrected chi connectivity index (χ2v) is 18.7. The number of fused-ring (bicyclic) bond motifs is 3. The number of rotatable bonds is 3. The highest BCUT2D eigenvalue weighted by molar-refractivity contribution is 5.87. The number of carbonyl (C=O) groups excluding carboxylic acids is 2. The number of hydrogen-bond donors (Lipinski definition) is 0. The summed E-state index contributed by atoms with van der Waals surface area (Å²) in [5, 5.41) is 2.62. The normalized spacial score (nSPS) is 16.7. The van der Waals surface area contributed by atoms with Crippen LogP contribution in [0.3, 0.4) is 0 Å². The smallest absolute Gasteiger partial charge is 0.126 e. The molecule has 2 heteroatoms. The predicted molar refractivity (Wildman–Crippen MR) is 246 cm³/mol. The molecule has 0 fully saturated rings. The molecule has 7 rings (SSSR count). The van der Waals surface area contributed by atoms with Crippen LogP contribution in [-0.4, -0.2) is 11.6 Å². The molecular formula is C54H70O2. The van der Waals surface area contributed by atoms with Gasteiger partial charge in [0, 0.05) is 0 Å². The van der Waals surface area contributed by atoms with Gasteiger partial charge in [-0.3, -0.25) is 0 Å². The van der Waals surface area contributed by atoms with Crippen LogP contribution >= 0.6 is 0 Å². The van der Waals surface area contributed by atoms with Gasteiger partial charge >= 0.3 is 0 Å². The zero-order valence-corrected chi connectivity index (χ0v) is 36.1. The van der Waals surface area contributed by atoms with Crippen LogP contribution in [0.5, 0.6) is 0 Å². The number of hydrogen-bond acceptors (Lipinski definition) is 2. The lowest BCUT2D eigenvalue weighted by atomic mass is 9.63. The molecule has 5 aromatic carbocycles. The third kappa shape index (κ3) is 11.7. The Bertz CT molecular complexity index is 2120. The van der Waals surface area contributed by atoms with Crippen LogP contribution in [-0.2, 0) is 31.2 Å². The average Bonchev–Trinajstić information content (AvgIpc) is 3.12. The molecule has 0 atom stereocenters. The van der Waals surface area contributed by atoms with Crippen molar-refractivity contribution >= 4 is 34.0 Å². The summed E-state index contributed by atoms with van der Waals surface area (Å²) in [6.07, 6.45) is 7.34. The van der Waals surface area contributed by atoms with Crippen LogP contribution in [0.25, 0.3) is 33.5 Å². The zero-order chi connectivity index (χ0) is 40.8. The van der Waals surface area contributed by atoms with Gasteiger partial charge in [-0.15, -0.1) is 0 Å². The third-order valence-corrected chi connectivity index (χ3v) is 11.4. The van der Waals surface area contributed by atoms with Crippen molar-refractivity contribution in [2.45, 2.75) is 145 Å². The van der Waals surface area contributed by atoms with E-state index in [1.54, 1.807) is 0 Å². The lowest BCUT2D eigenvalue weighted by Crippen LogP contribution is -2.33. The molecule has 0 spiro atoms. The first-order chi connectivity index (χ1) is 25.6. The molecule has 0 saturated carbocycles. The molecule has 0 aromatic heterocycles.